The van der Waals surface area contributed by atoms with Crippen LogP contribution >= 0.6 is 11.6 Å². The minimum absolute atomic E-state index is 0.0237. The van der Waals surface area contributed by atoms with Crippen LogP contribution in [0.15, 0.2) is 18.2 Å². The molecule has 0 amide bonds. The average molecular weight is 264 g/mol. The van der Waals surface area contributed by atoms with Gasteiger partial charge in [-0.2, -0.15) is 0 Å². The first-order valence-electron chi connectivity index (χ1n) is 5.94. The van der Waals surface area contributed by atoms with Crippen molar-refractivity contribution in [3.63, 3.8) is 0 Å². The van der Waals surface area contributed by atoms with Gasteiger partial charge in [-0.25, -0.2) is 4.68 Å². The third kappa shape index (κ3) is 1.75. The molecule has 1 fully saturated rings. The van der Waals surface area contributed by atoms with Crippen molar-refractivity contribution in [3.8, 4) is 11.4 Å². The Morgan fingerprint density at radius 2 is 2.11 bits per heavy atom. The maximum absolute atomic E-state index is 6.02. The van der Waals surface area contributed by atoms with Crippen LogP contribution in [0.3, 0.4) is 0 Å². The first-order chi connectivity index (χ1) is 8.58. The van der Waals surface area contributed by atoms with Crippen LogP contribution in [0.25, 0.3) is 11.4 Å². The third-order valence-electron chi connectivity index (χ3n) is 3.59. The Bertz CT molecular complexity index is 568. The fraction of sp³-hybridized carbons (Fsp3) is 0.417. The summed E-state index contributed by atoms with van der Waals surface area (Å²) in [6.07, 6.45) is 3.41. The lowest BCUT2D eigenvalue weighted by Crippen LogP contribution is -2.38. The molecule has 0 bridgehead atoms. The molecule has 3 rings (SSSR count). The van der Waals surface area contributed by atoms with Crippen molar-refractivity contribution in [2.75, 3.05) is 5.73 Å². The fourth-order valence-electron chi connectivity index (χ4n) is 2.37. The third-order valence-corrected chi connectivity index (χ3v) is 3.81. The van der Waals surface area contributed by atoms with Crippen molar-refractivity contribution in [2.45, 2.75) is 31.7 Å². The smallest absolute Gasteiger partial charge is 0.182 e. The Morgan fingerprint density at radius 3 is 2.72 bits per heavy atom. The van der Waals surface area contributed by atoms with E-state index in [1.54, 1.807) is 6.07 Å². The molecule has 1 heterocycles. The van der Waals surface area contributed by atoms with Gasteiger partial charge in [0.2, 0.25) is 0 Å². The van der Waals surface area contributed by atoms with Gasteiger partial charge < -0.3 is 5.73 Å². The number of nitrogens with two attached hydrogens (primary N) is 1. The van der Waals surface area contributed by atoms with Crippen molar-refractivity contribution in [1.82, 2.24) is 20.2 Å². The molecule has 0 saturated heterocycles. The summed E-state index contributed by atoms with van der Waals surface area (Å²) in [5.41, 5.74) is 7.31. The first kappa shape index (κ1) is 11.5. The lowest BCUT2D eigenvalue weighted by atomic mass is 9.78. The number of rotatable bonds is 2. The van der Waals surface area contributed by atoms with Gasteiger partial charge in [-0.15, -0.1) is 5.10 Å². The molecule has 1 aromatic carbocycles. The van der Waals surface area contributed by atoms with E-state index in [2.05, 4.69) is 22.4 Å². The summed E-state index contributed by atoms with van der Waals surface area (Å²) in [5.74, 6) is 0.728. The number of nitrogens with zero attached hydrogens (tertiary/aromatic N) is 4. The maximum Gasteiger partial charge on any atom is 0.182 e. The van der Waals surface area contributed by atoms with Crippen molar-refractivity contribution < 1.29 is 0 Å². The van der Waals surface area contributed by atoms with E-state index in [1.807, 2.05) is 16.8 Å². The summed E-state index contributed by atoms with van der Waals surface area (Å²) in [6.45, 7) is 2.17. The van der Waals surface area contributed by atoms with Crippen LogP contribution in [0.2, 0.25) is 5.02 Å². The Balaban J connectivity index is 2.09. The standard InChI is InChI=1S/C12H14ClN5/c1-12(3-2-4-12)18-11(15-16-17-18)8-5-9(13)7-10(14)6-8/h5-7H,2-4,14H2,1H3. The van der Waals surface area contributed by atoms with Gasteiger partial charge in [0.25, 0.3) is 0 Å². The molecule has 6 heteroatoms. The first-order valence-corrected chi connectivity index (χ1v) is 6.32. The minimum atomic E-state index is 0.0237. The van der Waals surface area contributed by atoms with Gasteiger partial charge in [0.05, 0.1) is 5.54 Å². The molecule has 94 valence electrons. The largest absolute Gasteiger partial charge is 0.399 e. The van der Waals surface area contributed by atoms with E-state index >= 15 is 0 Å². The highest BCUT2D eigenvalue weighted by molar-refractivity contribution is 6.31. The van der Waals surface area contributed by atoms with Gasteiger partial charge in [-0.1, -0.05) is 11.6 Å². The highest BCUT2D eigenvalue weighted by Gasteiger charge is 2.37. The van der Waals surface area contributed by atoms with Crippen molar-refractivity contribution in [1.29, 1.82) is 0 Å². The second kappa shape index (κ2) is 3.95. The van der Waals surface area contributed by atoms with Gasteiger partial charge in [-0.05, 0) is 54.8 Å². The zero-order chi connectivity index (χ0) is 12.8. The molecule has 0 spiro atoms. The summed E-state index contributed by atoms with van der Waals surface area (Å²) < 4.78 is 1.89. The highest BCUT2D eigenvalue weighted by atomic mass is 35.5. The maximum atomic E-state index is 6.02. The monoisotopic (exact) mass is 263 g/mol. The van der Waals surface area contributed by atoms with Crippen LogP contribution in [-0.2, 0) is 5.54 Å². The average Bonchev–Trinajstić information content (AvgIpc) is 2.73. The summed E-state index contributed by atoms with van der Waals surface area (Å²) in [5, 5.41) is 12.6. The van der Waals surface area contributed by atoms with Crippen molar-refractivity contribution in [2.24, 2.45) is 0 Å². The number of tetrazole rings is 1. The van der Waals surface area contributed by atoms with Crippen LogP contribution in [0.1, 0.15) is 26.2 Å². The highest BCUT2D eigenvalue weighted by Crippen LogP contribution is 2.40. The van der Waals surface area contributed by atoms with Gasteiger partial charge in [-0.3, -0.25) is 0 Å². The number of hydrogen-bond acceptors (Lipinski definition) is 4. The van der Waals surface area contributed by atoms with E-state index in [4.69, 9.17) is 17.3 Å². The Hall–Kier alpha value is -1.62. The molecule has 0 atom stereocenters. The fourth-order valence-corrected chi connectivity index (χ4v) is 2.62. The number of hydrogen-bond donors (Lipinski definition) is 1. The molecule has 1 aromatic heterocycles. The lowest BCUT2D eigenvalue weighted by molar-refractivity contribution is 0.148. The molecule has 2 N–H and O–H groups in total. The van der Waals surface area contributed by atoms with Crippen LogP contribution in [0.5, 0.6) is 0 Å². The summed E-state index contributed by atoms with van der Waals surface area (Å²) in [6, 6.07) is 5.39. The zero-order valence-corrected chi connectivity index (χ0v) is 10.9. The molecular formula is C12H14ClN5. The topological polar surface area (TPSA) is 69.6 Å². The minimum Gasteiger partial charge on any atom is -0.399 e. The second-order valence-corrected chi connectivity index (χ2v) is 5.47. The van der Waals surface area contributed by atoms with E-state index in [1.165, 1.54) is 6.42 Å². The summed E-state index contributed by atoms with van der Waals surface area (Å²) >= 11 is 6.02. The van der Waals surface area contributed by atoms with Crippen LogP contribution in [0, 0.1) is 0 Å². The lowest BCUT2D eigenvalue weighted by Gasteiger charge is -2.38. The molecule has 2 aromatic rings. The Labute approximate surface area is 110 Å². The van der Waals surface area contributed by atoms with E-state index in [-0.39, 0.29) is 5.54 Å². The Kier molecular flexibility index (Phi) is 2.52. The molecular weight excluding hydrogens is 250 g/mol. The molecule has 0 unspecified atom stereocenters. The molecule has 5 nitrogen and oxygen atoms in total. The summed E-state index contributed by atoms with van der Waals surface area (Å²) in [4.78, 5) is 0. The molecule has 1 aliphatic rings. The summed E-state index contributed by atoms with van der Waals surface area (Å²) in [7, 11) is 0. The van der Waals surface area contributed by atoms with E-state index < -0.39 is 0 Å². The molecule has 18 heavy (non-hydrogen) atoms. The number of nitrogen functional groups attached to an aromatic ring is 1. The van der Waals surface area contributed by atoms with E-state index in [9.17, 15) is 0 Å². The van der Waals surface area contributed by atoms with Gasteiger partial charge >= 0.3 is 0 Å². The predicted octanol–water partition coefficient (Wildman–Crippen LogP) is 2.47. The van der Waals surface area contributed by atoms with Crippen LogP contribution in [0.4, 0.5) is 5.69 Å². The quantitative estimate of drug-likeness (QED) is 0.845. The molecule has 1 aliphatic carbocycles. The van der Waals surface area contributed by atoms with Crippen LogP contribution in [-0.4, -0.2) is 20.2 Å². The number of anilines is 1. The molecule has 0 aliphatic heterocycles. The Morgan fingerprint density at radius 1 is 1.33 bits per heavy atom. The van der Waals surface area contributed by atoms with E-state index in [0.29, 0.717) is 10.7 Å². The predicted molar refractivity (Wildman–Crippen MR) is 70.2 cm³/mol. The number of benzene rings is 1. The van der Waals surface area contributed by atoms with Gasteiger partial charge in [0.1, 0.15) is 0 Å². The van der Waals surface area contributed by atoms with Gasteiger partial charge in [0, 0.05) is 16.3 Å². The van der Waals surface area contributed by atoms with Crippen molar-refractivity contribution in [3.05, 3.63) is 23.2 Å². The normalized spacial score (nSPS) is 17.4. The van der Waals surface area contributed by atoms with E-state index in [0.717, 1.165) is 24.2 Å². The molecule has 0 radical (unpaired) electrons. The number of halogens is 1. The zero-order valence-electron chi connectivity index (χ0n) is 10.1. The van der Waals surface area contributed by atoms with Gasteiger partial charge in [0.15, 0.2) is 5.82 Å². The van der Waals surface area contributed by atoms with Crippen molar-refractivity contribution >= 4 is 17.3 Å². The second-order valence-electron chi connectivity index (χ2n) is 5.04. The molecule has 1 saturated carbocycles. The SMILES string of the molecule is CC1(n2nnnc2-c2cc(N)cc(Cl)c2)CCC1. The number of aromatic nitrogens is 4. The van der Waals surface area contributed by atoms with Crippen LogP contribution < -0.4 is 5.73 Å².